The molecule has 106 valence electrons. The van der Waals surface area contributed by atoms with Crippen molar-refractivity contribution in [2.24, 2.45) is 11.0 Å². The lowest BCUT2D eigenvalue weighted by atomic mass is 10.1. The first-order chi connectivity index (χ1) is 9.11. The number of hydrogen-bond donors (Lipinski definition) is 0. The monoisotopic (exact) mass is 268 g/mol. The van der Waals surface area contributed by atoms with Gasteiger partial charge in [-0.2, -0.15) is 0 Å². The molecular formula is C12H20N4O3. The third kappa shape index (κ3) is 3.23. The molecule has 19 heavy (non-hydrogen) atoms. The van der Waals surface area contributed by atoms with Crippen LogP contribution in [0.4, 0.5) is 0 Å². The fourth-order valence-corrected chi connectivity index (χ4v) is 2.59. The van der Waals surface area contributed by atoms with Gasteiger partial charge in [-0.1, -0.05) is 6.08 Å². The van der Waals surface area contributed by atoms with Crippen LogP contribution in [0, 0.1) is 16.0 Å². The minimum Gasteiger partial charge on any atom is -0.381 e. The summed E-state index contributed by atoms with van der Waals surface area (Å²) in [5.41, 5.74) is 0. The van der Waals surface area contributed by atoms with Gasteiger partial charge in [0.2, 0.25) is 0 Å². The number of hydrogen-bond acceptors (Lipinski definition) is 3. The summed E-state index contributed by atoms with van der Waals surface area (Å²) in [6.07, 6.45) is 4.72. The normalized spacial score (nSPS) is 29.9. The molecule has 0 saturated carbocycles. The molecule has 2 rings (SSSR count). The summed E-state index contributed by atoms with van der Waals surface area (Å²) in [5.74, 6) is 0.868. The SMILES string of the molecule is CC=CN1CC(C)N(CC2CCOC2)C1=N[N+](=O)[O-]. The molecule has 0 aromatic carbocycles. The van der Waals surface area contributed by atoms with E-state index in [9.17, 15) is 10.1 Å². The Kier molecular flexibility index (Phi) is 4.36. The van der Waals surface area contributed by atoms with Crippen molar-refractivity contribution in [1.29, 1.82) is 0 Å². The first kappa shape index (κ1) is 13.8. The summed E-state index contributed by atoms with van der Waals surface area (Å²) in [4.78, 5) is 14.6. The number of nitro groups is 1. The summed E-state index contributed by atoms with van der Waals surface area (Å²) in [5, 5.41) is 13.6. The van der Waals surface area contributed by atoms with Gasteiger partial charge in [-0.3, -0.25) is 0 Å². The largest absolute Gasteiger partial charge is 0.381 e. The van der Waals surface area contributed by atoms with E-state index in [4.69, 9.17) is 4.74 Å². The number of hydrazone groups is 1. The smallest absolute Gasteiger partial charge is 0.278 e. The van der Waals surface area contributed by atoms with Crippen LogP contribution in [0.25, 0.3) is 0 Å². The van der Waals surface area contributed by atoms with Crippen LogP contribution in [-0.2, 0) is 4.74 Å². The van der Waals surface area contributed by atoms with Crippen molar-refractivity contribution < 1.29 is 9.77 Å². The van der Waals surface area contributed by atoms with Crippen molar-refractivity contribution in [2.75, 3.05) is 26.3 Å². The van der Waals surface area contributed by atoms with E-state index >= 15 is 0 Å². The van der Waals surface area contributed by atoms with E-state index in [1.807, 2.05) is 29.0 Å². The quantitative estimate of drug-likeness (QED) is 0.564. The second-order valence-corrected chi connectivity index (χ2v) is 5.00. The highest BCUT2D eigenvalue weighted by Gasteiger charge is 2.36. The molecule has 2 fully saturated rings. The molecule has 2 heterocycles. The third-order valence-electron chi connectivity index (χ3n) is 3.49. The zero-order valence-electron chi connectivity index (χ0n) is 11.4. The highest BCUT2D eigenvalue weighted by Crippen LogP contribution is 2.22. The average molecular weight is 268 g/mol. The summed E-state index contributed by atoms with van der Waals surface area (Å²) < 4.78 is 5.37. The Morgan fingerprint density at radius 3 is 3.00 bits per heavy atom. The molecule has 0 aromatic heterocycles. The van der Waals surface area contributed by atoms with Crippen LogP contribution in [0.3, 0.4) is 0 Å². The van der Waals surface area contributed by atoms with Gasteiger partial charge in [0.25, 0.3) is 5.96 Å². The zero-order chi connectivity index (χ0) is 13.8. The summed E-state index contributed by atoms with van der Waals surface area (Å²) >= 11 is 0. The standard InChI is InChI=1S/C12H20N4O3/c1-3-5-14-7-10(2)15(12(14)13-16(17)18)8-11-4-6-19-9-11/h3,5,10-11H,4,6-9H2,1-2H3. The van der Waals surface area contributed by atoms with Crippen LogP contribution >= 0.6 is 0 Å². The van der Waals surface area contributed by atoms with E-state index in [-0.39, 0.29) is 6.04 Å². The molecule has 7 heteroatoms. The Balaban J connectivity index is 2.15. The predicted molar refractivity (Wildman–Crippen MR) is 71.0 cm³/mol. The summed E-state index contributed by atoms with van der Waals surface area (Å²) in [6, 6.07) is 0.218. The van der Waals surface area contributed by atoms with Crippen molar-refractivity contribution in [3.05, 3.63) is 22.4 Å². The van der Waals surface area contributed by atoms with Gasteiger partial charge < -0.3 is 14.5 Å². The van der Waals surface area contributed by atoms with Gasteiger partial charge in [-0.05, 0) is 20.3 Å². The Morgan fingerprint density at radius 1 is 1.63 bits per heavy atom. The molecule has 2 saturated heterocycles. The van der Waals surface area contributed by atoms with Crippen molar-refractivity contribution in [3.8, 4) is 0 Å². The molecule has 0 amide bonds. The van der Waals surface area contributed by atoms with Crippen LogP contribution in [0.15, 0.2) is 17.4 Å². The average Bonchev–Trinajstić information content (AvgIpc) is 2.93. The molecule has 2 unspecified atom stereocenters. The van der Waals surface area contributed by atoms with Gasteiger partial charge in [-0.15, -0.1) is 0 Å². The van der Waals surface area contributed by atoms with Gasteiger partial charge in [-0.25, -0.2) is 10.1 Å². The topological polar surface area (TPSA) is 71.2 Å². The van der Waals surface area contributed by atoms with E-state index in [0.29, 0.717) is 11.9 Å². The van der Waals surface area contributed by atoms with Crippen molar-refractivity contribution in [3.63, 3.8) is 0 Å². The maximum atomic E-state index is 10.7. The lowest BCUT2D eigenvalue weighted by Gasteiger charge is -2.24. The molecule has 0 spiro atoms. The van der Waals surface area contributed by atoms with Crippen molar-refractivity contribution in [2.45, 2.75) is 26.3 Å². The van der Waals surface area contributed by atoms with Crippen LogP contribution in [0.5, 0.6) is 0 Å². The second kappa shape index (κ2) is 6.01. The van der Waals surface area contributed by atoms with Crippen LogP contribution in [0.1, 0.15) is 20.3 Å². The molecule has 0 radical (unpaired) electrons. The van der Waals surface area contributed by atoms with Crippen LogP contribution in [-0.4, -0.2) is 53.1 Å². The van der Waals surface area contributed by atoms with E-state index < -0.39 is 5.03 Å². The zero-order valence-corrected chi connectivity index (χ0v) is 11.4. The number of guanidine groups is 1. The van der Waals surface area contributed by atoms with E-state index in [1.54, 1.807) is 0 Å². The molecular weight excluding hydrogens is 248 g/mol. The Hall–Kier alpha value is -1.63. The Bertz CT molecular complexity index is 390. The van der Waals surface area contributed by atoms with Gasteiger partial charge >= 0.3 is 0 Å². The van der Waals surface area contributed by atoms with Gasteiger partial charge in [0.1, 0.15) is 5.10 Å². The lowest BCUT2D eigenvalue weighted by Crippen LogP contribution is -2.38. The van der Waals surface area contributed by atoms with Crippen LogP contribution in [0.2, 0.25) is 0 Å². The van der Waals surface area contributed by atoms with E-state index in [0.717, 1.165) is 32.7 Å². The third-order valence-corrected chi connectivity index (χ3v) is 3.49. The van der Waals surface area contributed by atoms with Gasteiger partial charge in [0.05, 0.1) is 6.61 Å². The Labute approximate surface area is 112 Å². The Morgan fingerprint density at radius 2 is 2.42 bits per heavy atom. The molecule has 2 aliphatic rings. The maximum Gasteiger partial charge on any atom is 0.278 e. The minimum atomic E-state index is -0.623. The van der Waals surface area contributed by atoms with Gasteiger partial charge in [0.15, 0.2) is 5.03 Å². The van der Waals surface area contributed by atoms with Gasteiger partial charge in [0, 0.05) is 37.9 Å². The summed E-state index contributed by atoms with van der Waals surface area (Å²) in [6.45, 7) is 6.97. The fourth-order valence-electron chi connectivity index (χ4n) is 2.59. The fraction of sp³-hybridized carbons (Fsp3) is 0.750. The molecule has 0 aromatic rings. The number of allylic oxidation sites excluding steroid dienone is 1. The number of ether oxygens (including phenoxy) is 1. The minimum absolute atomic E-state index is 0.218. The van der Waals surface area contributed by atoms with Crippen molar-refractivity contribution in [1.82, 2.24) is 9.80 Å². The van der Waals surface area contributed by atoms with E-state index in [2.05, 4.69) is 12.0 Å². The highest BCUT2D eigenvalue weighted by molar-refractivity contribution is 5.83. The maximum absolute atomic E-state index is 10.7. The van der Waals surface area contributed by atoms with Crippen molar-refractivity contribution >= 4 is 5.96 Å². The first-order valence-electron chi connectivity index (χ1n) is 6.58. The molecule has 0 aliphatic carbocycles. The summed E-state index contributed by atoms with van der Waals surface area (Å²) in [7, 11) is 0. The second-order valence-electron chi connectivity index (χ2n) is 5.00. The molecule has 7 nitrogen and oxygen atoms in total. The van der Waals surface area contributed by atoms with E-state index in [1.165, 1.54) is 0 Å². The first-order valence-corrected chi connectivity index (χ1v) is 6.58. The number of nitrogens with zero attached hydrogens (tertiary/aromatic N) is 4. The number of rotatable bonds is 4. The molecule has 2 aliphatic heterocycles. The molecule has 0 bridgehead atoms. The molecule has 2 atom stereocenters. The lowest BCUT2D eigenvalue weighted by molar-refractivity contribution is -0.486. The molecule has 0 N–H and O–H groups in total. The highest BCUT2D eigenvalue weighted by atomic mass is 16.7. The predicted octanol–water partition coefficient (Wildman–Crippen LogP) is 1.11. The van der Waals surface area contributed by atoms with Crippen LogP contribution < -0.4 is 0 Å².